The Morgan fingerprint density at radius 2 is 2.11 bits per heavy atom. The SMILES string of the molecule is CCOC(=O)CC#Cc1cc(Cl)cc(C(=O)O)c1. The number of carbonyl (C=O) groups excluding carboxylic acids is 1. The van der Waals surface area contributed by atoms with Crippen molar-refractivity contribution in [1.82, 2.24) is 0 Å². The minimum atomic E-state index is -1.08. The molecule has 0 radical (unpaired) electrons. The highest BCUT2D eigenvalue weighted by molar-refractivity contribution is 6.31. The second kappa shape index (κ2) is 6.67. The van der Waals surface area contributed by atoms with Crippen molar-refractivity contribution in [3.8, 4) is 11.8 Å². The maximum absolute atomic E-state index is 11.0. The Kier molecular flexibility index (Phi) is 5.22. The summed E-state index contributed by atoms with van der Waals surface area (Å²) < 4.78 is 4.70. The first-order chi connectivity index (χ1) is 8.52. The molecule has 0 heterocycles. The van der Waals surface area contributed by atoms with Gasteiger partial charge in [0.15, 0.2) is 0 Å². The number of benzene rings is 1. The third kappa shape index (κ3) is 4.48. The number of ether oxygens (including phenoxy) is 1. The van der Waals surface area contributed by atoms with Crippen molar-refractivity contribution in [2.75, 3.05) is 6.61 Å². The van der Waals surface area contributed by atoms with Gasteiger partial charge in [-0.15, -0.1) is 0 Å². The number of esters is 1. The molecule has 0 aliphatic carbocycles. The number of carbonyl (C=O) groups is 2. The summed E-state index contributed by atoms with van der Waals surface area (Å²) in [6.45, 7) is 2.02. The van der Waals surface area contributed by atoms with Gasteiger partial charge in [-0.25, -0.2) is 4.79 Å². The minimum Gasteiger partial charge on any atom is -0.478 e. The van der Waals surface area contributed by atoms with Crippen LogP contribution >= 0.6 is 11.6 Å². The second-order valence-corrected chi connectivity index (χ2v) is 3.75. The zero-order chi connectivity index (χ0) is 13.5. The first-order valence-corrected chi connectivity index (χ1v) is 5.59. The van der Waals surface area contributed by atoms with Gasteiger partial charge in [0.05, 0.1) is 12.2 Å². The number of carboxylic acid groups (broad SMARTS) is 1. The Morgan fingerprint density at radius 3 is 2.72 bits per heavy atom. The van der Waals surface area contributed by atoms with Gasteiger partial charge < -0.3 is 9.84 Å². The fraction of sp³-hybridized carbons (Fsp3) is 0.231. The van der Waals surface area contributed by atoms with E-state index in [-0.39, 0.29) is 17.0 Å². The van der Waals surface area contributed by atoms with Crippen molar-refractivity contribution in [3.63, 3.8) is 0 Å². The van der Waals surface area contributed by atoms with Crippen molar-refractivity contribution in [3.05, 3.63) is 34.3 Å². The lowest BCUT2D eigenvalue weighted by Gasteiger charge is -1.98. The van der Waals surface area contributed by atoms with Crippen LogP contribution in [-0.2, 0) is 9.53 Å². The molecule has 0 aromatic heterocycles. The molecule has 0 fully saturated rings. The van der Waals surface area contributed by atoms with E-state index in [0.29, 0.717) is 12.2 Å². The normalized spacial score (nSPS) is 9.22. The molecule has 0 amide bonds. The van der Waals surface area contributed by atoms with Gasteiger partial charge in [-0.3, -0.25) is 4.79 Å². The van der Waals surface area contributed by atoms with Gasteiger partial charge in [-0.2, -0.15) is 0 Å². The molecular formula is C13H11ClO4. The van der Waals surface area contributed by atoms with Crippen molar-refractivity contribution < 1.29 is 19.4 Å². The average Bonchev–Trinajstić information content (AvgIpc) is 2.28. The number of hydrogen-bond acceptors (Lipinski definition) is 3. The summed E-state index contributed by atoms with van der Waals surface area (Å²) in [4.78, 5) is 21.8. The van der Waals surface area contributed by atoms with E-state index in [9.17, 15) is 9.59 Å². The molecular weight excluding hydrogens is 256 g/mol. The molecule has 0 saturated heterocycles. The van der Waals surface area contributed by atoms with Gasteiger partial charge in [-0.1, -0.05) is 23.4 Å². The number of aromatic carboxylic acids is 1. The van der Waals surface area contributed by atoms with E-state index in [1.807, 2.05) is 0 Å². The maximum atomic E-state index is 11.0. The smallest absolute Gasteiger partial charge is 0.335 e. The van der Waals surface area contributed by atoms with Crippen molar-refractivity contribution >= 4 is 23.5 Å². The molecule has 0 atom stereocenters. The molecule has 1 N–H and O–H groups in total. The Hall–Kier alpha value is -1.99. The van der Waals surface area contributed by atoms with Crippen LogP contribution in [0, 0.1) is 11.8 Å². The van der Waals surface area contributed by atoms with Gasteiger partial charge in [-0.05, 0) is 25.1 Å². The molecule has 0 saturated carbocycles. The quantitative estimate of drug-likeness (QED) is 0.674. The number of carboxylic acids is 1. The number of halogens is 1. The summed E-state index contributed by atoms with van der Waals surface area (Å²) >= 11 is 5.76. The molecule has 1 aromatic carbocycles. The topological polar surface area (TPSA) is 63.6 Å². The van der Waals surface area contributed by atoms with Crippen LogP contribution in [0.15, 0.2) is 18.2 Å². The predicted octanol–water partition coefficient (Wildman–Crippen LogP) is 2.34. The molecule has 0 aliphatic heterocycles. The van der Waals surface area contributed by atoms with Gasteiger partial charge in [0, 0.05) is 10.6 Å². The first-order valence-electron chi connectivity index (χ1n) is 5.21. The molecule has 0 aliphatic rings. The molecule has 4 nitrogen and oxygen atoms in total. The van der Waals surface area contributed by atoms with E-state index < -0.39 is 11.9 Å². The second-order valence-electron chi connectivity index (χ2n) is 3.32. The fourth-order valence-electron chi connectivity index (χ4n) is 1.22. The summed E-state index contributed by atoms with van der Waals surface area (Å²) in [5, 5.41) is 9.12. The molecule has 94 valence electrons. The average molecular weight is 267 g/mol. The molecule has 1 rings (SSSR count). The number of hydrogen-bond donors (Lipinski definition) is 1. The first kappa shape index (κ1) is 14.1. The summed E-state index contributed by atoms with van der Waals surface area (Å²) in [7, 11) is 0. The molecule has 5 heteroatoms. The summed E-state index contributed by atoms with van der Waals surface area (Å²) in [5.74, 6) is 3.79. The third-order valence-electron chi connectivity index (χ3n) is 1.92. The van der Waals surface area contributed by atoms with E-state index in [1.165, 1.54) is 18.2 Å². The highest BCUT2D eigenvalue weighted by Gasteiger charge is 2.05. The van der Waals surface area contributed by atoms with E-state index in [4.69, 9.17) is 21.4 Å². The van der Waals surface area contributed by atoms with Gasteiger partial charge in [0.25, 0.3) is 0 Å². The lowest BCUT2D eigenvalue weighted by atomic mass is 10.1. The summed E-state index contributed by atoms with van der Waals surface area (Å²) in [5.41, 5.74) is 0.507. The highest BCUT2D eigenvalue weighted by Crippen LogP contribution is 2.14. The Balaban J connectivity index is 2.82. The van der Waals surface area contributed by atoms with E-state index in [1.54, 1.807) is 6.92 Å². The molecule has 0 unspecified atom stereocenters. The van der Waals surface area contributed by atoms with Gasteiger partial charge in [0.1, 0.15) is 6.42 Å². The Bertz CT molecular complexity index is 526. The van der Waals surface area contributed by atoms with Crippen LogP contribution in [0.25, 0.3) is 0 Å². The van der Waals surface area contributed by atoms with Crippen molar-refractivity contribution in [2.24, 2.45) is 0 Å². The molecule has 18 heavy (non-hydrogen) atoms. The molecule has 0 bridgehead atoms. The zero-order valence-electron chi connectivity index (χ0n) is 9.70. The summed E-state index contributed by atoms with van der Waals surface area (Å²) in [6, 6.07) is 4.26. The van der Waals surface area contributed by atoms with Crippen LogP contribution in [0.4, 0.5) is 0 Å². The Labute approximate surface area is 110 Å². The lowest BCUT2D eigenvalue weighted by molar-refractivity contribution is -0.141. The summed E-state index contributed by atoms with van der Waals surface area (Å²) in [6.07, 6.45) is -0.0389. The van der Waals surface area contributed by atoms with E-state index in [2.05, 4.69) is 11.8 Å². The fourth-order valence-corrected chi connectivity index (χ4v) is 1.45. The van der Waals surface area contributed by atoms with E-state index >= 15 is 0 Å². The van der Waals surface area contributed by atoms with Crippen LogP contribution in [0.1, 0.15) is 29.3 Å². The maximum Gasteiger partial charge on any atom is 0.335 e. The minimum absolute atomic E-state index is 0.0389. The number of rotatable bonds is 3. The predicted molar refractivity (Wildman–Crippen MR) is 66.5 cm³/mol. The van der Waals surface area contributed by atoms with Crippen LogP contribution in [0.3, 0.4) is 0 Å². The third-order valence-corrected chi connectivity index (χ3v) is 2.13. The molecule has 1 aromatic rings. The Morgan fingerprint density at radius 1 is 1.39 bits per heavy atom. The van der Waals surface area contributed by atoms with Crippen molar-refractivity contribution in [1.29, 1.82) is 0 Å². The van der Waals surface area contributed by atoms with Crippen LogP contribution in [0.2, 0.25) is 5.02 Å². The van der Waals surface area contributed by atoms with Crippen LogP contribution in [-0.4, -0.2) is 23.7 Å². The molecule has 0 spiro atoms. The van der Waals surface area contributed by atoms with Crippen LogP contribution < -0.4 is 0 Å². The van der Waals surface area contributed by atoms with Crippen molar-refractivity contribution in [2.45, 2.75) is 13.3 Å². The highest BCUT2D eigenvalue weighted by atomic mass is 35.5. The monoisotopic (exact) mass is 266 g/mol. The van der Waals surface area contributed by atoms with Gasteiger partial charge >= 0.3 is 11.9 Å². The van der Waals surface area contributed by atoms with E-state index in [0.717, 1.165) is 0 Å². The largest absolute Gasteiger partial charge is 0.478 e. The zero-order valence-corrected chi connectivity index (χ0v) is 10.5. The standard InChI is InChI=1S/C13H11ClO4/c1-2-18-12(15)5-3-4-9-6-10(13(16)17)8-11(14)7-9/h6-8H,2,5H2,1H3,(H,16,17). The van der Waals surface area contributed by atoms with Crippen LogP contribution in [0.5, 0.6) is 0 Å². The van der Waals surface area contributed by atoms with Gasteiger partial charge in [0.2, 0.25) is 0 Å². The lowest BCUT2D eigenvalue weighted by Crippen LogP contribution is -2.01.